The molecule has 5 heteroatoms. The number of nitrogens with zero attached hydrogens (tertiary/aromatic N) is 3. The van der Waals surface area contributed by atoms with Crippen molar-refractivity contribution in [3.05, 3.63) is 66.5 Å². The molecule has 0 N–H and O–H groups in total. The Bertz CT molecular complexity index is 1020. The predicted molar refractivity (Wildman–Crippen MR) is 117 cm³/mol. The SMILES string of the molecule is CC1OC2(CCN(CCn3cnc4ccccc43)CC2)CC(c2ccccc2)C1=O. The maximum Gasteiger partial charge on any atom is 0.168 e. The molecule has 0 saturated carbocycles. The number of hydrogen-bond donors (Lipinski definition) is 0. The van der Waals surface area contributed by atoms with Gasteiger partial charge in [0.25, 0.3) is 0 Å². The smallest absolute Gasteiger partial charge is 0.168 e. The van der Waals surface area contributed by atoms with E-state index >= 15 is 0 Å². The minimum atomic E-state index is -0.326. The van der Waals surface area contributed by atoms with Crippen molar-refractivity contribution in [1.29, 1.82) is 0 Å². The summed E-state index contributed by atoms with van der Waals surface area (Å²) in [5, 5.41) is 0. The number of carbonyl (C=O) groups excluding carboxylic acids is 1. The van der Waals surface area contributed by atoms with Crippen LogP contribution in [0.25, 0.3) is 11.0 Å². The van der Waals surface area contributed by atoms with Gasteiger partial charge < -0.3 is 14.2 Å². The number of benzene rings is 2. The minimum Gasteiger partial charge on any atom is -0.364 e. The highest BCUT2D eigenvalue weighted by Gasteiger charge is 2.46. The minimum absolute atomic E-state index is 0.0428. The number of carbonyl (C=O) groups is 1. The van der Waals surface area contributed by atoms with Crippen LogP contribution in [-0.4, -0.2) is 51.6 Å². The zero-order valence-electron chi connectivity index (χ0n) is 17.5. The van der Waals surface area contributed by atoms with Crippen molar-refractivity contribution in [3.63, 3.8) is 0 Å². The van der Waals surface area contributed by atoms with Crippen molar-refractivity contribution in [2.45, 2.75) is 50.4 Å². The van der Waals surface area contributed by atoms with Crippen LogP contribution < -0.4 is 0 Å². The largest absolute Gasteiger partial charge is 0.364 e. The van der Waals surface area contributed by atoms with E-state index in [-0.39, 0.29) is 23.4 Å². The van der Waals surface area contributed by atoms with E-state index in [9.17, 15) is 4.79 Å². The van der Waals surface area contributed by atoms with Gasteiger partial charge in [0.05, 0.1) is 23.0 Å². The number of aromatic nitrogens is 2. The molecule has 1 aromatic heterocycles. The fraction of sp³-hybridized carbons (Fsp3) is 0.440. The van der Waals surface area contributed by atoms with E-state index in [0.717, 1.165) is 56.5 Å². The van der Waals surface area contributed by atoms with Crippen molar-refractivity contribution in [1.82, 2.24) is 14.5 Å². The third-order valence-electron chi connectivity index (χ3n) is 6.90. The van der Waals surface area contributed by atoms with Crippen LogP contribution in [0.2, 0.25) is 0 Å². The quantitative estimate of drug-likeness (QED) is 0.660. The van der Waals surface area contributed by atoms with Crippen LogP contribution in [0.1, 0.15) is 37.7 Å². The van der Waals surface area contributed by atoms with Gasteiger partial charge in [0.1, 0.15) is 6.10 Å². The molecule has 0 amide bonds. The van der Waals surface area contributed by atoms with E-state index in [2.05, 4.69) is 44.8 Å². The van der Waals surface area contributed by atoms with Crippen molar-refractivity contribution >= 4 is 16.8 Å². The van der Waals surface area contributed by atoms with Gasteiger partial charge in [0.2, 0.25) is 0 Å². The molecule has 2 aliphatic rings. The Labute approximate surface area is 177 Å². The second kappa shape index (κ2) is 7.97. The summed E-state index contributed by atoms with van der Waals surface area (Å²) in [6, 6.07) is 18.5. The third kappa shape index (κ3) is 3.68. The molecular weight excluding hydrogens is 374 g/mol. The zero-order valence-corrected chi connectivity index (χ0v) is 17.5. The molecule has 5 rings (SSSR count). The molecular formula is C25H29N3O2. The van der Waals surface area contributed by atoms with Crippen LogP contribution in [0.3, 0.4) is 0 Å². The fourth-order valence-electron chi connectivity index (χ4n) is 5.15. The van der Waals surface area contributed by atoms with Crippen molar-refractivity contribution in [2.75, 3.05) is 19.6 Å². The zero-order chi connectivity index (χ0) is 20.6. The molecule has 2 atom stereocenters. The molecule has 1 spiro atoms. The van der Waals surface area contributed by atoms with E-state index in [0.29, 0.717) is 0 Å². The van der Waals surface area contributed by atoms with Crippen LogP contribution in [0, 0.1) is 0 Å². The Kier molecular flexibility index (Phi) is 5.17. The summed E-state index contributed by atoms with van der Waals surface area (Å²) >= 11 is 0. The Morgan fingerprint density at radius 1 is 1.03 bits per heavy atom. The summed E-state index contributed by atoms with van der Waals surface area (Å²) in [6.07, 6.45) is 4.39. The first-order chi connectivity index (χ1) is 14.6. The van der Waals surface area contributed by atoms with Crippen molar-refractivity contribution in [3.8, 4) is 0 Å². The number of likely N-dealkylation sites (tertiary alicyclic amines) is 1. The molecule has 2 unspecified atom stereocenters. The lowest BCUT2D eigenvalue weighted by atomic mass is 9.75. The van der Waals surface area contributed by atoms with Gasteiger partial charge in [-0.3, -0.25) is 4.79 Å². The van der Waals surface area contributed by atoms with Crippen LogP contribution in [0.5, 0.6) is 0 Å². The predicted octanol–water partition coefficient (Wildman–Crippen LogP) is 4.03. The van der Waals surface area contributed by atoms with E-state index in [4.69, 9.17) is 4.74 Å². The number of ketones is 1. The Hall–Kier alpha value is -2.50. The van der Waals surface area contributed by atoms with Crippen molar-refractivity contribution in [2.24, 2.45) is 0 Å². The summed E-state index contributed by atoms with van der Waals surface area (Å²) in [5.74, 6) is 0.181. The topological polar surface area (TPSA) is 47.4 Å². The number of Topliss-reactive ketones (excluding diaryl/α,β-unsaturated/α-hetero) is 1. The summed E-state index contributed by atoms with van der Waals surface area (Å²) in [5.41, 5.74) is 3.20. The van der Waals surface area contributed by atoms with Crippen LogP contribution in [-0.2, 0) is 16.1 Å². The molecule has 2 fully saturated rings. The van der Waals surface area contributed by atoms with E-state index in [1.54, 1.807) is 0 Å². The number of para-hydroxylation sites is 2. The van der Waals surface area contributed by atoms with Crippen LogP contribution >= 0.6 is 0 Å². The molecule has 2 aliphatic heterocycles. The van der Waals surface area contributed by atoms with E-state index in [1.165, 1.54) is 5.52 Å². The number of piperidine rings is 1. The summed E-state index contributed by atoms with van der Waals surface area (Å²) in [4.78, 5) is 19.8. The first-order valence-electron chi connectivity index (χ1n) is 11.0. The molecule has 156 valence electrons. The van der Waals surface area contributed by atoms with Gasteiger partial charge in [-0.1, -0.05) is 42.5 Å². The number of rotatable bonds is 4. The van der Waals surface area contributed by atoms with E-state index in [1.807, 2.05) is 37.5 Å². The number of fused-ring (bicyclic) bond motifs is 1. The maximum atomic E-state index is 12.8. The van der Waals surface area contributed by atoms with Gasteiger partial charge in [-0.2, -0.15) is 0 Å². The molecule has 3 heterocycles. The first-order valence-corrected chi connectivity index (χ1v) is 11.0. The van der Waals surface area contributed by atoms with Gasteiger partial charge in [-0.15, -0.1) is 0 Å². The Morgan fingerprint density at radius 3 is 2.57 bits per heavy atom. The highest BCUT2D eigenvalue weighted by atomic mass is 16.5. The maximum absolute atomic E-state index is 12.8. The monoisotopic (exact) mass is 403 g/mol. The van der Waals surface area contributed by atoms with Gasteiger partial charge in [0.15, 0.2) is 5.78 Å². The summed E-state index contributed by atoms with van der Waals surface area (Å²) in [6.45, 7) is 5.89. The number of imidazole rings is 1. The highest BCUT2D eigenvalue weighted by Crippen LogP contribution is 2.42. The molecule has 0 aliphatic carbocycles. The molecule has 2 saturated heterocycles. The average Bonchev–Trinajstić information content (AvgIpc) is 3.20. The lowest BCUT2D eigenvalue weighted by Crippen LogP contribution is -2.53. The normalized spacial score (nSPS) is 24.5. The third-order valence-corrected chi connectivity index (χ3v) is 6.90. The standard InChI is InChI=1S/C25H29N3O2/c1-19-24(29)21(20-7-3-2-4-8-20)17-25(30-19)11-13-27(14-12-25)15-16-28-18-26-22-9-5-6-10-23(22)28/h2-10,18-19,21H,11-17H2,1H3. The second-order valence-corrected chi connectivity index (χ2v) is 8.78. The van der Waals surface area contributed by atoms with Gasteiger partial charge in [-0.25, -0.2) is 4.98 Å². The lowest BCUT2D eigenvalue weighted by molar-refractivity contribution is -0.171. The highest BCUT2D eigenvalue weighted by molar-refractivity contribution is 5.90. The molecule has 5 nitrogen and oxygen atoms in total. The molecule has 3 aromatic rings. The Morgan fingerprint density at radius 2 is 1.77 bits per heavy atom. The first kappa shape index (κ1) is 19.5. The van der Waals surface area contributed by atoms with Crippen LogP contribution in [0.15, 0.2) is 60.9 Å². The molecule has 2 aromatic carbocycles. The second-order valence-electron chi connectivity index (χ2n) is 8.78. The molecule has 0 bridgehead atoms. The summed E-state index contributed by atoms with van der Waals surface area (Å²) < 4.78 is 8.58. The van der Waals surface area contributed by atoms with Gasteiger partial charge in [0, 0.05) is 32.1 Å². The fourth-order valence-corrected chi connectivity index (χ4v) is 5.15. The number of hydrogen-bond acceptors (Lipinski definition) is 4. The van der Waals surface area contributed by atoms with E-state index < -0.39 is 0 Å². The Balaban J connectivity index is 1.23. The van der Waals surface area contributed by atoms with Crippen LogP contribution in [0.4, 0.5) is 0 Å². The van der Waals surface area contributed by atoms with Gasteiger partial charge >= 0.3 is 0 Å². The summed E-state index contributed by atoms with van der Waals surface area (Å²) in [7, 11) is 0. The van der Waals surface area contributed by atoms with Crippen molar-refractivity contribution < 1.29 is 9.53 Å². The molecule has 30 heavy (non-hydrogen) atoms. The number of ether oxygens (including phenoxy) is 1. The average molecular weight is 404 g/mol. The lowest BCUT2D eigenvalue weighted by Gasteiger charge is -2.47. The molecule has 0 radical (unpaired) electrons. The van der Waals surface area contributed by atoms with Gasteiger partial charge in [-0.05, 0) is 43.9 Å².